The SMILES string of the molecule is CC1CC(Nc2ccc(N)cc2Cl)CCO1. The average Bonchev–Trinajstić information content (AvgIpc) is 2.22. The third kappa shape index (κ3) is 2.80. The monoisotopic (exact) mass is 240 g/mol. The van der Waals surface area contributed by atoms with Gasteiger partial charge in [-0.1, -0.05) is 11.6 Å². The molecule has 16 heavy (non-hydrogen) atoms. The first-order valence-electron chi connectivity index (χ1n) is 5.58. The van der Waals surface area contributed by atoms with Gasteiger partial charge in [-0.15, -0.1) is 0 Å². The Bertz CT molecular complexity index is 370. The van der Waals surface area contributed by atoms with Gasteiger partial charge in [0, 0.05) is 18.3 Å². The van der Waals surface area contributed by atoms with Gasteiger partial charge in [-0.25, -0.2) is 0 Å². The molecular formula is C12H17ClN2O. The van der Waals surface area contributed by atoms with Crippen LogP contribution in [0.2, 0.25) is 5.02 Å². The van der Waals surface area contributed by atoms with Gasteiger partial charge in [0.1, 0.15) is 0 Å². The second-order valence-electron chi connectivity index (χ2n) is 4.29. The minimum Gasteiger partial charge on any atom is -0.399 e. The molecule has 4 heteroatoms. The molecule has 1 aliphatic heterocycles. The Hall–Kier alpha value is -0.930. The number of benzene rings is 1. The van der Waals surface area contributed by atoms with Crippen molar-refractivity contribution >= 4 is 23.0 Å². The van der Waals surface area contributed by atoms with Crippen molar-refractivity contribution in [1.29, 1.82) is 0 Å². The maximum Gasteiger partial charge on any atom is 0.0658 e. The predicted molar refractivity (Wildman–Crippen MR) is 67.9 cm³/mol. The highest BCUT2D eigenvalue weighted by Crippen LogP contribution is 2.27. The van der Waals surface area contributed by atoms with Crippen molar-refractivity contribution in [1.82, 2.24) is 0 Å². The molecule has 1 aliphatic rings. The first-order chi connectivity index (χ1) is 7.65. The Kier molecular flexibility index (Phi) is 3.56. The van der Waals surface area contributed by atoms with Crippen LogP contribution in [-0.4, -0.2) is 18.8 Å². The van der Waals surface area contributed by atoms with Crippen LogP contribution in [0, 0.1) is 0 Å². The Morgan fingerprint density at radius 3 is 3.00 bits per heavy atom. The molecule has 0 radical (unpaired) electrons. The molecule has 0 amide bonds. The average molecular weight is 241 g/mol. The molecule has 0 aliphatic carbocycles. The standard InChI is InChI=1S/C12H17ClN2O/c1-8-6-10(4-5-16-8)15-12-3-2-9(14)7-11(12)13/h2-3,7-8,10,15H,4-6,14H2,1H3. The smallest absolute Gasteiger partial charge is 0.0658 e. The van der Waals surface area contributed by atoms with Crippen molar-refractivity contribution in [3.63, 3.8) is 0 Å². The van der Waals surface area contributed by atoms with E-state index in [9.17, 15) is 0 Å². The fourth-order valence-electron chi connectivity index (χ4n) is 2.00. The molecule has 0 aromatic heterocycles. The summed E-state index contributed by atoms with van der Waals surface area (Å²) in [7, 11) is 0. The minimum atomic E-state index is 0.318. The van der Waals surface area contributed by atoms with Gasteiger partial charge >= 0.3 is 0 Å². The molecule has 1 fully saturated rings. The zero-order valence-corrected chi connectivity index (χ0v) is 10.1. The quantitative estimate of drug-likeness (QED) is 0.782. The minimum absolute atomic E-state index is 0.318. The van der Waals surface area contributed by atoms with E-state index in [4.69, 9.17) is 22.1 Å². The van der Waals surface area contributed by atoms with E-state index >= 15 is 0 Å². The van der Waals surface area contributed by atoms with Crippen LogP contribution in [0.1, 0.15) is 19.8 Å². The molecule has 0 bridgehead atoms. The third-order valence-electron chi connectivity index (χ3n) is 2.84. The van der Waals surface area contributed by atoms with Crippen molar-refractivity contribution in [2.75, 3.05) is 17.7 Å². The Balaban J connectivity index is 2.02. The van der Waals surface area contributed by atoms with Crippen molar-refractivity contribution in [3.05, 3.63) is 23.2 Å². The normalized spacial score (nSPS) is 25.4. The fraction of sp³-hybridized carbons (Fsp3) is 0.500. The van der Waals surface area contributed by atoms with Gasteiger partial charge in [-0.3, -0.25) is 0 Å². The molecule has 0 spiro atoms. The maximum atomic E-state index is 6.11. The van der Waals surface area contributed by atoms with Crippen molar-refractivity contribution in [2.24, 2.45) is 0 Å². The number of anilines is 2. The molecule has 1 aromatic carbocycles. The number of nitrogens with two attached hydrogens (primary N) is 1. The molecule has 1 aromatic rings. The van der Waals surface area contributed by atoms with E-state index in [0.29, 0.717) is 22.9 Å². The molecule has 2 unspecified atom stereocenters. The van der Waals surface area contributed by atoms with Crippen molar-refractivity contribution < 1.29 is 4.74 Å². The van der Waals surface area contributed by atoms with Gasteiger partial charge in [-0.2, -0.15) is 0 Å². The molecular weight excluding hydrogens is 224 g/mol. The molecule has 3 nitrogen and oxygen atoms in total. The van der Waals surface area contributed by atoms with Gasteiger partial charge in [0.25, 0.3) is 0 Å². The van der Waals surface area contributed by atoms with Crippen LogP contribution < -0.4 is 11.1 Å². The summed E-state index contributed by atoms with van der Waals surface area (Å²) < 4.78 is 5.50. The second kappa shape index (κ2) is 4.93. The molecule has 2 atom stereocenters. The number of hydrogen-bond acceptors (Lipinski definition) is 3. The fourth-order valence-corrected chi connectivity index (χ4v) is 2.24. The van der Waals surface area contributed by atoms with Crippen LogP contribution in [0.4, 0.5) is 11.4 Å². The van der Waals surface area contributed by atoms with Crippen LogP contribution in [0.5, 0.6) is 0 Å². The Morgan fingerprint density at radius 2 is 2.31 bits per heavy atom. The maximum absolute atomic E-state index is 6.11. The lowest BCUT2D eigenvalue weighted by atomic mass is 10.0. The zero-order valence-electron chi connectivity index (χ0n) is 9.37. The molecule has 88 valence electrons. The molecule has 3 N–H and O–H groups in total. The Morgan fingerprint density at radius 1 is 1.50 bits per heavy atom. The zero-order chi connectivity index (χ0) is 11.5. The highest BCUT2D eigenvalue weighted by molar-refractivity contribution is 6.33. The topological polar surface area (TPSA) is 47.3 Å². The van der Waals surface area contributed by atoms with Crippen LogP contribution in [-0.2, 0) is 4.74 Å². The summed E-state index contributed by atoms with van der Waals surface area (Å²) in [6.07, 6.45) is 2.35. The number of nitrogen functional groups attached to an aromatic ring is 1. The number of ether oxygens (including phenoxy) is 1. The summed E-state index contributed by atoms with van der Waals surface area (Å²) >= 11 is 6.11. The van der Waals surface area contributed by atoms with E-state index in [1.807, 2.05) is 12.1 Å². The van der Waals surface area contributed by atoms with E-state index in [-0.39, 0.29) is 0 Å². The first-order valence-corrected chi connectivity index (χ1v) is 5.96. The Labute approximate surface area is 101 Å². The van der Waals surface area contributed by atoms with Crippen LogP contribution in [0.15, 0.2) is 18.2 Å². The summed E-state index contributed by atoms with van der Waals surface area (Å²) in [5.41, 5.74) is 7.29. The van der Waals surface area contributed by atoms with E-state index in [0.717, 1.165) is 25.1 Å². The highest BCUT2D eigenvalue weighted by atomic mass is 35.5. The third-order valence-corrected chi connectivity index (χ3v) is 3.15. The highest BCUT2D eigenvalue weighted by Gasteiger charge is 2.19. The summed E-state index contributed by atoms with van der Waals surface area (Å²) in [5.74, 6) is 0. The number of halogens is 1. The first kappa shape index (κ1) is 11.6. The van der Waals surface area contributed by atoms with E-state index in [1.54, 1.807) is 6.07 Å². The van der Waals surface area contributed by atoms with E-state index in [1.165, 1.54) is 0 Å². The largest absolute Gasteiger partial charge is 0.399 e. The number of hydrogen-bond donors (Lipinski definition) is 2. The summed E-state index contributed by atoms with van der Waals surface area (Å²) in [6, 6.07) is 5.99. The van der Waals surface area contributed by atoms with Crippen molar-refractivity contribution in [3.8, 4) is 0 Å². The van der Waals surface area contributed by atoms with Gasteiger partial charge in [-0.05, 0) is 38.0 Å². The lowest BCUT2D eigenvalue weighted by Crippen LogP contribution is -2.32. The predicted octanol–water partition coefficient (Wildman–Crippen LogP) is 2.90. The van der Waals surface area contributed by atoms with Gasteiger partial charge < -0.3 is 15.8 Å². The molecule has 1 saturated heterocycles. The van der Waals surface area contributed by atoms with E-state index < -0.39 is 0 Å². The molecule has 1 heterocycles. The van der Waals surface area contributed by atoms with Crippen LogP contribution in [0.3, 0.4) is 0 Å². The lowest BCUT2D eigenvalue weighted by molar-refractivity contribution is 0.0232. The molecule has 2 rings (SSSR count). The van der Waals surface area contributed by atoms with Crippen molar-refractivity contribution in [2.45, 2.75) is 31.9 Å². The van der Waals surface area contributed by atoms with Gasteiger partial charge in [0.2, 0.25) is 0 Å². The molecule has 0 saturated carbocycles. The van der Waals surface area contributed by atoms with Gasteiger partial charge in [0.15, 0.2) is 0 Å². The van der Waals surface area contributed by atoms with Gasteiger partial charge in [0.05, 0.1) is 16.8 Å². The van der Waals surface area contributed by atoms with Crippen LogP contribution in [0.25, 0.3) is 0 Å². The number of rotatable bonds is 2. The lowest BCUT2D eigenvalue weighted by Gasteiger charge is -2.29. The van der Waals surface area contributed by atoms with E-state index in [2.05, 4.69) is 12.2 Å². The summed E-state index contributed by atoms with van der Waals surface area (Å²) in [6.45, 7) is 2.91. The summed E-state index contributed by atoms with van der Waals surface area (Å²) in [4.78, 5) is 0. The van der Waals surface area contributed by atoms with Crippen LogP contribution >= 0.6 is 11.6 Å². The number of nitrogens with one attached hydrogen (secondary N) is 1. The summed E-state index contributed by atoms with van der Waals surface area (Å²) in [5, 5.41) is 4.12. The second-order valence-corrected chi connectivity index (χ2v) is 4.69.